The summed E-state index contributed by atoms with van der Waals surface area (Å²) in [4.78, 5) is 26.2. The van der Waals surface area contributed by atoms with E-state index in [0.717, 1.165) is 0 Å². The maximum Gasteiger partial charge on any atom is 0.248 e. The van der Waals surface area contributed by atoms with Crippen LogP contribution in [0, 0.1) is 0 Å². The van der Waals surface area contributed by atoms with Gasteiger partial charge in [-0.1, -0.05) is 12.1 Å². The molecule has 0 N–H and O–H groups in total. The van der Waals surface area contributed by atoms with E-state index in [0.29, 0.717) is 28.2 Å². The van der Waals surface area contributed by atoms with Crippen molar-refractivity contribution >= 4 is 34.2 Å². The number of fused-ring (bicyclic) bond motifs is 1. The summed E-state index contributed by atoms with van der Waals surface area (Å²) in [5, 5.41) is -0.273. The molecule has 0 spiro atoms. The molecule has 5 nitrogen and oxygen atoms in total. The SMILES string of the molecule is COc1ccc(N2C(=O)[C@H](Cl)[C@@H]2c2cc(=O)c3ccccc3o2)cc1. The number of alkyl halides is 1. The normalized spacial score (nSPS) is 19.8. The fraction of sp³-hybridized carbons (Fsp3) is 0.158. The Morgan fingerprint density at radius 1 is 1.08 bits per heavy atom. The summed E-state index contributed by atoms with van der Waals surface area (Å²) in [6, 6.07) is 14.9. The lowest BCUT2D eigenvalue weighted by Crippen LogP contribution is -2.56. The zero-order chi connectivity index (χ0) is 17.6. The van der Waals surface area contributed by atoms with Gasteiger partial charge in [0, 0.05) is 11.8 Å². The van der Waals surface area contributed by atoms with E-state index in [1.54, 1.807) is 55.6 Å². The van der Waals surface area contributed by atoms with Crippen molar-refractivity contribution in [2.45, 2.75) is 11.4 Å². The summed E-state index contributed by atoms with van der Waals surface area (Å²) in [5.41, 5.74) is 0.987. The van der Waals surface area contributed by atoms with Crippen LogP contribution in [0.2, 0.25) is 0 Å². The summed E-state index contributed by atoms with van der Waals surface area (Å²) >= 11 is 6.23. The average Bonchev–Trinajstić information content (AvgIpc) is 2.65. The van der Waals surface area contributed by atoms with Crippen LogP contribution in [-0.4, -0.2) is 18.4 Å². The fourth-order valence-electron chi connectivity index (χ4n) is 3.02. The van der Waals surface area contributed by atoms with Crippen LogP contribution in [0.5, 0.6) is 5.75 Å². The van der Waals surface area contributed by atoms with Gasteiger partial charge in [0.05, 0.1) is 12.5 Å². The monoisotopic (exact) mass is 355 g/mol. The molecule has 1 aliphatic heterocycles. The smallest absolute Gasteiger partial charge is 0.248 e. The Balaban J connectivity index is 1.77. The molecule has 1 amide bonds. The number of hydrogen-bond donors (Lipinski definition) is 0. The van der Waals surface area contributed by atoms with Gasteiger partial charge in [-0.05, 0) is 36.4 Å². The van der Waals surface area contributed by atoms with Gasteiger partial charge in [-0.25, -0.2) is 0 Å². The van der Waals surface area contributed by atoms with E-state index < -0.39 is 11.4 Å². The third kappa shape index (κ3) is 2.48. The summed E-state index contributed by atoms with van der Waals surface area (Å²) in [5.74, 6) is 0.833. The minimum absolute atomic E-state index is 0.158. The van der Waals surface area contributed by atoms with Gasteiger partial charge in [0.25, 0.3) is 0 Å². The van der Waals surface area contributed by atoms with Crippen molar-refractivity contribution in [3.05, 3.63) is 70.6 Å². The maximum atomic E-state index is 12.3. The lowest BCUT2D eigenvalue weighted by molar-refractivity contribution is -0.124. The van der Waals surface area contributed by atoms with Gasteiger partial charge in [0.1, 0.15) is 28.5 Å². The van der Waals surface area contributed by atoms with Gasteiger partial charge in [-0.2, -0.15) is 0 Å². The number of carbonyl (C=O) groups is 1. The summed E-state index contributed by atoms with van der Waals surface area (Å²) in [6.45, 7) is 0. The number of nitrogens with zero attached hydrogens (tertiary/aromatic N) is 1. The van der Waals surface area contributed by atoms with Crippen molar-refractivity contribution in [3.8, 4) is 5.75 Å². The van der Waals surface area contributed by atoms with Crippen molar-refractivity contribution < 1.29 is 13.9 Å². The molecule has 6 heteroatoms. The van der Waals surface area contributed by atoms with Crippen LogP contribution in [0.25, 0.3) is 11.0 Å². The number of ether oxygens (including phenoxy) is 1. The zero-order valence-electron chi connectivity index (χ0n) is 13.3. The second-order valence-corrected chi connectivity index (χ2v) is 6.23. The van der Waals surface area contributed by atoms with Crippen LogP contribution >= 0.6 is 11.6 Å². The Morgan fingerprint density at radius 2 is 1.80 bits per heavy atom. The highest BCUT2D eigenvalue weighted by Gasteiger charge is 2.49. The quantitative estimate of drug-likeness (QED) is 0.533. The predicted octanol–water partition coefficient (Wildman–Crippen LogP) is 3.50. The Bertz CT molecular complexity index is 1010. The molecule has 25 heavy (non-hydrogen) atoms. The number of rotatable bonds is 3. The average molecular weight is 356 g/mol. The van der Waals surface area contributed by atoms with Crippen LogP contribution in [0.1, 0.15) is 11.8 Å². The Morgan fingerprint density at radius 3 is 2.52 bits per heavy atom. The molecule has 2 heterocycles. The number of β-lactam (4-membered cyclic amide) rings is 1. The van der Waals surface area contributed by atoms with Crippen LogP contribution in [0.3, 0.4) is 0 Å². The zero-order valence-corrected chi connectivity index (χ0v) is 14.1. The number of para-hydroxylation sites is 1. The van der Waals surface area contributed by atoms with E-state index in [-0.39, 0.29) is 11.3 Å². The van der Waals surface area contributed by atoms with Gasteiger partial charge in [-0.3, -0.25) is 14.5 Å². The van der Waals surface area contributed by atoms with Crippen LogP contribution < -0.4 is 15.1 Å². The Labute approximate surface area is 148 Å². The first-order valence-electron chi connectivity index (χ1n) is 7.74. The number of hydrogen-bond acceptors (Lipinski definition) is 4. The number of halogens is 1. The van der Waals surface area contributed by atoms with Crippen LogP contribution in [0.4, 0.5) is 5.69 Å². The summed E-state index contributed by atoms with van der Waals surface area (Å²) < 4.78 is 11.0. The Kier molecular flexibility index (Phi) is 3.73. The van der Waals surface area contributed by atoms with E-state index in [4.69, 9.17) is 20.8 Å². The molecule has 2 atom stereocenters. The molecule has 0 saturated carbocycles. The molecule has 1 aromatic heterocycles. The van der Waals surface area contributed by atoms with Crippen molar-refractivity contribution in [3.63, 3.8) is 0 Å². The lowest BCUT2D eigenvalue weighted by atomic mass is 9.96. The third-order valence-corrected chi connectivity index (χ3v) is 4.75. The predicted molar refractivity (Wildman–Crippen MR) is 95.3 cm³/mol. The maximum absolute atomic E-state index is 12.3. The molecule has 1 fully saturated rings. The van der Waals surface area contributed by atoms with E-state index in [9.17, 15) is 9.59 Å². The highest BCUT2D eigenvalue weighted by molar-refractivity contribution is 6.37. The molecule has 1 saturated heterocycles. The minimum atomic E-state index is -0.772. The van der Waals surface area contributed by atoms with E-state index in [1.165, 1.54) is 11.0 Å². The molecule has 0 aliphatic carbocycles. The highest BCUT2D eigenvalue weighted by Crippen LogP contribution is 2.42. The molecule has 1 aliphatic rings. The number of benzene rings is 2. The molecule has 4 rings (SSSR count). The third-order valence-electron chi connectivity index (χ3n) is 4.32. The molecule has 3 aromatic rings. The van der Waals surface area contributed by atoms with Gasteiger partial charge in [0.15, 0.2) is 5.43 Å². The fourth-order valence-corrected chi connectivity index (χ4v) is 3.37. The van der Waals surface area contributed by atoms with Gasteiger partial charge < -0.3 is 9.15 Å². The highest BCUT2D eigenvalue weighted by atomic mass is 35.5. The van der Waals surface area contributed by atoms with Gasteiger partial charge in [0.2, 0.25) is 5.91 Å². The Hall–Kier alpha value is -2.79. The number of carbonyl (C=O) groups excluding carboxylic acids is 1. The molecular formula is C19H14ClNO4. The van der Waals surface area contributed by atoms with Gasteiger partial charge >= 0.3 is 0 Å². The molecule has 0 bridgehead atoms. The topological polar surface area (TPSA) is 59.8 Å². The van der Waals surface area contributed by atoms with E-state index in [1.807, 2.05) is 0 Å². The largest absolute Gasteiger partial charge is 0.497 e. The summed E-state index contributed by atoms with van der Waals surface area (Å²) in [6.07, 6.45) is 0. The molecule has 2 aromatic carbocycles. The van der Waals surface area contributed by atoms with Crippen molar-refractivity contribution in [1.82, 2.24) is 0 Å². The molecular weight excluding hydrogens is 342 g/mol. The van der Waals surface area contributed by atoms with Crippen molar-refractivity contribution in [2.75, 3.05) is 12.0 Å². The first kappa shape index (κ1) is 15.7. The lowest BCUT2D eigenvalue weighted by Gasteiger charge is -2.43. The number of anilines is 1. The van der Waals surface area contributed by atoms with Gasteiger partial charge in [-0.15, -0.1) is 11.6 Å². The second-order valence-electron chi connectivity index (χ2n) is 5.76. The van der Waals surface area contributed by atoms with E-state index in [2.05, 4.69) is 0 Å². The molecule has 0 unspecified atom stereocenters. The second kappa shape index (κ2) is 5.93. The first-order valence-corrected chi connectivity index (χ1v) is 8.18. The minimum Gasteiger partial charge on any atom is -0.497 e. The number of methoxy groups -OCH3 is 1. The van der Waals surface area contributed by atoms with Crippen molar-refractivity contribution in [2.24, 2.45) is 0 Å². The summed E-state index contributed by atoms with van der Waals surface area (Å²) in [7, 11) is 1.57. The van der Waals surface area contributed by atoms with E-state index >= 15 is 0 Å². The molecule has 0 radical (unpaired) electrons. The first-order chi connectivity index (χ1) is 12.1. The van der Waals surface area contributed by atoms with Crippen LogP contribution in [-0.2, 0) is 4.79 Å². The van der Waals surface area contributed by atoms with Crippen LogP contribution in [0.15, 0.2) is 63.8 Å². The number of amides is 1. The standard InChI is InChI=1S/C19H14ClNO4/c1-24-12-8-6-11(7-9-12)21-18(17(20)19(21)23)16-10-14(22)13-4-2-3-5-15(13)25-16/h2-10,17-18H,1H3/t17-,18+/m1/s1. The molecule has 126 valence electrons. The van der Waals surface area contributed by atoms with Crippen molar-refractivity contribution in [1.29, 1.82) is 0 Å².